The normalized spacial score (nSPS) is 16.5. The zero-order valence-electron chi connectivity index (χ0n) is 12.9. The highest BCUT2D eigenvalue weighted by atomic mass is 16.3. The summed E-state index contributed by atoms with van der Waals surface area (Å²) in [5.41, 5.74) is 1.03. The average molecular weight is 291 g/mol. The number of urea groups is 1. The Morgan fingerprint density at radius 3 is 2.67 bits per heavy atom. The predicted octanol–water partition coefficient (Wildman–Crippen LogP) is 2.57. The third-order valence-electron chi connectivity index (χ3n) is 4.15. The number of aliphatic hydroxyl groups is 1. The van der Waals surface area contributed by atoms with Crippen molar-refractivity contribution in [2.24, 2.45) is 0 Å². The van der Waals surface area contributed by atoms with Crippen LogP contribution in [0.4, 0.5) is 16.2 Å². The number of nitrogens with zero attached hydrogens (tertiary/aromatic N) is 1. The van der Waals surface area contributed by atoms with Gasteiger partial charge < -0.3 is 20.6 Å². The number of hydrogen-bond donors (Lipinski definition) is 3. The highest BCUT2D eigenvalue weighted by molar-refractivity contribution is 5.93. The predicted molar refractivity (Wildman–Crippen MR) is 85.8 cm³/mol. The Balaban J connectivity index is 1.93. The Bertz CT molecular complexity index is 484. The largest absolute Gasteiger partial charge is 0.388 e. The van der Waals surface area contributed by atoms with Crippen LogP contribution < -0.4 is 15.5 Å². The molecule has 21 heavy (non-hydrogen) atoms. The van der Waals surface area contributed by atoms with Gasteiger partial charge in [-0.05, 0) is 31.9 Å². The number of carbonyl (C=O) groups is 1. The number of nitrogens with one attached hydrogen (secondary N) is 2. The first-order chi connectivity index (χ1) is 10.0. The number of hydrogen-bond acceptors (Lipinski definition) is 3. The minimum Gasteiger partial charge on any atom is -0.388 e. The Hall–Kier alpha value is -1.75. The van der Waals surface area contributed by atoms with Gasteiger partial charge in [-0.25, -0.2) is 4.79 Å². The van der Waals surface area contributed by atoms with E-state index in [2.05, 4.69) is 22.5 Å². The second-order valence-electron chi connectivity index (χ2n) is 5.77. The summed E-state index contributed by atoms with van der Waals surface area (Å²) in [5, 5.41) is 15.9. The van der Waals surface area contributed by atoms with Gasteiger partial charge in [0.15, 0.2) is 0 Å². The molecule has 1 aliphatic rings. The third kappa shape index (κ3) is 4.11. The summed E-state index contributed by atoms with van der Waals surface area (Å²) in [5.74, 6) is 0. The lowest BCUT2D eigenvalue weighted by Gasteiger charge is -2.24. The molecule has 0 unspecified atom stereocenters. The van der Waals surface area contributed by atoms with Gasteiger partial charge in [0.05, 0.1) is 17.0 Å². The van der Waals surface area contributed by atoms with E-state index in [4.69, 9.17) is 0 Å². The van der Waals surface area contributed by atoms with E-state index in [0.717, 1.165) is 43.6 Å². The molecule has 116 valence electrons. The van der Waals surface area contributed by atoms with Crippen molar-refractivity contribution in [3.05, 3.63) is 24.3 Å². The smallest absolute Gasteiger partial charge is 0.319 e. The van der Waals surface area contributed by atoms with Crippen molar-refractivity contribution < 1.29 is 9.90 Å². The molecule has 0 atom stereocenters. The van der Waals surface area contributed by atoms with E-state index >= 15 is 0 Å². The molecule has 2 amide bonds. The molecule has 3 N–H and O–H groups in total. The second-order valence-corrected chi connectivity index (χ2v) is 5.77. The molecule has 1 fully saturated rings. The molecule has 1 aromatic rings. The molecule has 1 aliphatic carbocycles. The second kappa shape index (κ2) is 6.80. The van der Waals surface area contributed by atoms with Crippen LogP contribution in [-0.4, -0.2) is 36.9 Å². The first-order valence-electron chi connectivity index (χ1n) is 7.61. The molecule has 2 rings (SSSR count). The summed E-state index contributed by atoms with van der Waals surface area (Å²) < 4.78 is 0. The maximum Gasteiger partial charge on any atom is 0.319 e. The molecule has 0 heterocycles. The van der Waals surface area contributed by atoms with Gasteiger partial charge in [0, 0.05) is 20.1 Å². The minimum absolute atomic E-state index is 0.271. The highest BCUT2D eigenvalue weighted by Crippen LogP contribution is 2.28. The Morgan fingerprint density at radius 1 is 1.33 bits per heavy atom. The van der Waals surface area contributed by atoms with Crippen LogP contribution in [-0.2, 0) is 0 Å². The number of amides is 2. The molecule has 0 aromatic heterocycles. The molecule has 5 nitrogen and oxygen atoms in total. The van der Waals surface area contributed by atoms with Gasteiger partial charge in [0.25, 0.3) is 0 Å². The van der Waals surface area contributed by atoms with Crippen molar-refractivity contribution >= 4 is 17.4 Å². The quantitative estimate of drug-likeness (QED) is 0.781. The van der Waals surface area contributed by atoms with E-state index in [1.54, 1.807) is 0 Å². The van der Waals surface area contributed by atoms with Gasteiger partial charge >= 0.3 is 6.03 Å². The Kier molecular flexibility index (Phi) is 5.07. The fourth-order valence-electron chi connectivity index (χ4n) is 2.70. The van der Waals surface area contributed by atoms with Gasteiger partial charge in [-0.15, -0.1) is 0 Å². The number of benzene rings is 1. The van der Waals surface area contributed by atoms with Crippen molar-refractivity contribution in [2.75, 3.05) is 30.4 Å². The van der Waals surface area contributed by atoms with Crippen LogP contribution in [0.2, 0.25) is 0 Å². The van der Waals surface area contributed by atoms with Crippen LogP contribution in [0.15, 0.2) is 24.3 Å². The number of carbonyl (C=O) groups excluding carboxylic acids is 1. The summed E-state index contributed by atoms with van der Waals surface area (Å²) >= 11 is 0. The van der Waals surface area contributed by atoms with Crippen molar-refractivity contribution in [3.63, 3.8) is 0 Å². The van der Waals surface area contributed by atoms with Crippen LogP contribution in [0.1, 0.15) is 32.6 Å². The zero-order chi connectivity index (χ0) is 15.3. The van der Waals surface area contributed by atoms with Crippen LogP contribution >= 0.6 is 0 Å². The van der Waals surface area contributed by atoms with Crippen molar-refractivity contribution in [1.82, 2.24) is 5.32 Å². The van der Waals surface area contributed by atoms with Crippen LogP contribution in [0.25, 0.3) is 0 Å². The van der Waals surface area contributed by atoms with Gasteiger partial charge in [-0.2, -0.15) is 0 Å². The maximum atomic E-state index is 12.0. The summed E-state index contributed by atoms with van der Waals surface area (Å²) in [4.78, 5) is 14.1. The van der Waals surface area contributed by atoms with E-state index in [1.165, 1.54) is 0 Å². The van der Waals surface area contributed by atoms with E-state index in [-0.39, 0.29) is 6.03 Å². The lowest BCUT2D eigenvalue weighted by Crippen LogP contribution is -2.42. The number of para-hydroxylation sites is 2. The van der Waals surface area contributed by atoms with E-state index in [0.29, 0.717) is 6.54 Å². The van der Waals surface area contributed by atoms with Gasteiger partial charge in [0.2, 0.25) is 0 Å². The monoisotopic (exact) mass is 291 g/mol. The summed E-state index contributed by atoms with van der Waals surface area (Å²) in [6.45, 7) is 3.23. The topological polar surface area (TPSA) is 64.6 Å². The van der Waals surface area contributed by atoms with E-state index in [9.17, 15) is 9.90 Å². The fraction of sp³-hybridized carbons (Fsp3) is 0.562. The van der Waals surface area contributed by atoms with Crippen molar-refractivity contribution in [1.29, 1.82) is 0 Å². The summed E-state index contributed by atoms with van der Waals surface area (Å²) in [7, 11) is 1.99. The molecule has 5 heteroatoms. The van der Waals surface area contributed by atoms with Gasteiger partial charge in [-0.3, -0.25) is 0 Å². The SMILES string of the molecule is CCN(C)c1ccccc1NC(=O)NCC1(O)CCCC1. The van der Waals surface area contributed by atoms with E-state index < -0.39 is 5.60 Å². The summed E-state index contributed by atoms with van der Waals surface area (Å²) in [6.07, 6.45) is 3.60. The molecular formula is C16H25N3O2. The van der Waals surface area contributed by atoms with Gasteiger partial charge in [0.1, 0.15) is 0 Å². The van der Waals surface area contributed by atoms with Crippen LogP contribution in [0.3, 0.4) is 0 Å². The molecule has 1 saturated carbocycles. The number of rotatable bonds is 5. The number of anilines is 2. The fourth-order valence-corrected chi connectivity index (χ4v) is 2.70. The van der Waals surface area contributed by atoms with Crippen LogP contribution in [0, 0.1) is 0 Å². The molecular weight excluding hydrogens is 266 g/mol. The first-order valence-corrected chi connectivity index (χ1v) is 7.61. The zero-order valence-corrected chi connectivity index (χ0v) is 12.9. The molecule has 0 bridgehead atoms. The summed E-state index contributed by atoms with van der Waals surface area (Å²) in [6, 6.07) is 7.43. The lowest BCUT2D eigenvalue weighted by atomic mass is 10.0. The maximum absolute atomic E-state index is 12.0. The highest BCUT2D eigenvalue weighted by Gasteiger charge is 2.31. The Morgan fingerprint density at radius 2 is 2.00 bits per heavy atom. The van der Waals surface area contributed by atoms with Crippen molar-refractivity contribution in [2.45, 2.75) is 38.2 Å². The molecule has 0 aliphatic heterocycles. The molecule has 0 radical (unpaired) electrons. The lowest BCUT2D eigenvalue weighted by molar-refractivity contribution is 0.0506. The molecule has 1 aromatic carbocycles. The van der Waals surface area contributed by atoms with Crippen LogP contribution in [0.5, 0.6) is 0 Å². The van der Waals surface area contributed by atoms with E-state index in [1.807, 2.05) is 31.3 Å². The van der Waals surface area contributed by atoms with Crippen molar-refractivity contribution in [3.8, 4) is 0 Å². The first kappa shape index (κ1) is 15.6. The third-order valence-corrected chi connectivity index (χ3v) is 4.15. The standard InChI is InChI=1S/C16H25N3O2/c1-3-19(2)14-9-5-4-8-13(14)18-15(20)17-12-16(21)10-6-7-11-16/h4-5,8-9,21H,3,6-7,10-12H2,1-2H3,(H2,17,18,20). The van der Waals surface area contributed by atoms with Gasteiger partial charge in [-0.1, -0.05) is 25.0 Å². The average Bonchev–Trinajstić information content (AvgIpc) is 2.92. The molecule has 0 saturated heterocycles. The minimum atomic E-state index is -0.725. The molecule has 0 spiro atoms. The Labute approximate surface area is 126 Å².